The zero-order chi connectivity index (χ0) is 31.8. The Morgan fingerprint density at radius 1 is 0.795 bits per heavy atom. The predicted molar refractivity (Wildman–Crippen MR) is 176 cm³/mol. The summed E-state index contributed by atoms with van der Waals surface area (Å²) in [5.74, 6) is -2.58. The molecule has 0 fully saturated rings. The number of nitrogens with one attached hydrogen (secondary N) is 3. The molecule has 1 unspecified atom stereocenters. The number of aromatic carboxylic acids is 1. The summed E-state index contributed by atoms with van der Waals surface area (Å²) in [6.07, 6.45) is 1.46. The summed E-state index contributed by atoms with van der Waals surface area (Å²) >= 11 is 19.7. The van der Waals surface area contributed by atoms with Gasteiger partial charge in [-0.2, -0.15) is 0 Å². The van der Waals surface area contributed by atoms with Crippen LogP contribution in [-0.4, -0.2) is 34.0 Å². The van der Waals surface area contributed by atoms with Crippen LogP contribution in [0.15, 0.2) is 102 Å². The number of thioether (sulfide) groups is 1. The zero-order valence-electron chi connectivity index (χ0n) is 22.9. The monoisotopic (exact) mass is 667 g/mol. The van der Waals surface area contributed by atoms with Crippen LogP contribution < -0.4 is 16.0 Å². The van der Waals surface area contributed by atoms with Crippen LogP contribution in [0.5, 0.6) is 0 Å². The van der Waals surface area contributed by atoms with E-state index in [4.69, 9.17) is 34.8 Å². The summed E-state index contributed by atoms with van der Waals surface area (Å²) < 4.78 is 0. The highest BCUT2D eigenvalue weighted by Gasteiger charge is 2.19. The van der Waals surface area contributed by atoms with Crippen LogP contribution in [-0.2, 0) is 9.59 Å². The Kier molecular flexibility index (Phi) is 11.1. The number of carboxylic acids is 1. The number of halogens is 3. The molecular weight excluding hydrogens is 645 g/mol. The lowest BCUT2D eigenvalue weighted by Crippen LogP contribution is -2.30. The van der Waals surface area contributed by atoms with Crippen molar-refractivity contribution in [3.63, 3.8) is 0 Å². The first-order chi connectivity index (χ1) is 21.0. The topological polar surface area (TPSA) is 125 Å². The van der Waals surface area contributed by atoms with E-state index >= 15 is 0 Å². The summed E-state index contributed by atoms with van der Waals surface area (Å²) in [6.45, 7) is 1.69. The average Bonchev–Trinajstić information content (AvgIpc) is 3.00. The standard InChI is InChI=1S/C32H24Cl3N3O5S/c1-18(29(39)37-27-16-21(32(42)43)8-14-25(27)34)44-24-12-10-23(11-13-24)36-31(41)28(15-20-7-9-22(33)17-26(20)35)38-30(40)19-5-3-2-4-6-19/h2-18H,1H3,(H,36,41)(H,37,39)(H,38,40)(H,42,43)/b28-15-. The zero-order valence-corrected chi connectivity index (χ0v) is 26.0. The molecule has 3 amide bonds. The molecule has 0 aromatic heterocycles. The van der Waals surface area contributed by atoms with Gasteiger partial charge in [-0.1, -0.05) is 59.1 Å². The fourth-order valence-corrected chi connectivity index (χ4v) is 5.27. The number of carbonyl (C=O) groups excluding carboxylic acids is 3. The van der Waals surface area contributed by atoms with Gasteiger partial charge >= 0.3 is 5.97 Å². The first-order valence-electron chi connectivity index (χ1n) is 12.9. The third-order valence-corrected chi connectivity index (χ3v) is 8.06. The van der Waals surface area contributed by atoms with Crippen molar-refractivity contribution in [1.29, 1.82) is 0 Å². The van der Waals surface area contributed by atoms with E-state index in [0.29, 0.717) is 26.9 Å². The third kappa shape index (κ3) is 8.87. The summed E-state index contributed by atoms with van der Waals surface area (Å²) in [5.41, 5.74) is 1.43. The highest BCUT2D eigenvalue weighted by molar-refractivity contribution is 8.00. The van der Waals surface area contributed by atoms with Crippen molar-refractivity contribution in [2.75, 3.05) is 10.6 Å². The first kappa shape index (κ1) is 32.6. The molecule has 0 aliphatic rings. The summed E-state index contributed by atoms with van der Waals surface area (Å²) in [6, 6.07) is 24.0. The van der Waals surface area contributed by atoms with Crippen molar-refractivity contribution in [3.8, 4) is 0 Å². The number of hydrogen-bond acceptors (Lipinski definition) is 5. The van der Waals surface area contributed by atoms with Crippen molar-refractivity contribution in [2.24, 2.45) is 0 Å². The molecule has 0 saturated heterocycles. The predicted octanol–water partition coefficient (Wildman–Crippen LogP) is 7.87. The van der Waals surface area contributed by atoms with Crippen LogP contribution in [0.25, 0.3) is 6.08 Å². The highest BCUT2D eigenvalue weighted by atomic mass is 35.5. The normalized spacial score (nSPS) is 11.8. The number of rotatable bonds is 10. The fraction of sp³-hybridized carbons (Fsp3) is 0.0625. The quantitative estimate of drug-likeness (QED) is 0.101. The van der Waals surface area contributed by atoms with Gasteiger partial charge < -0.3 is 21.1 Å². The van der Waals surface area contributed by atoms with Crippen LogP contribution in [0.3, 0.4) is 0 Å². The number of amides is 3. The average molecular weight is 669 g/mol. The Hall–Kier alpha value is -4.28. The van der Waals surface area contributed by atoms with Gasteiger partial charge in [0, 0.05) is 26.2 Å². The van der Waals surface area contributed by atoms with Gasteiger partial charge in [0.25, 0.3) is 11.8 Å². The van der Waals surface area contributed by atoms with E-state index in [1.54, 1.807) is 73.7 Å². The molecule has 1 atom stereocenters. The minimum absolute atomic E-state index is 0.00320. The van der Waals surface area contributed by atoms with Crippen LogP contribution >= 0.6 is 46.6 Å². The molecule has 4 rings (SSSR count). The van der Waals surface area contributed by atoms with Crippen LogP contribution in [0.4, 0.5) is 11.4 Å². The Balaban J connectivity index is 1.45. The number of carboxylic acid groups (broad SMARTS) is 1. The lowest BCUT2D eigenvalue weighted by Gasteiger charge is -2.14. The molecule has 0 spiro atoms. The van der Waals surface area contributed by atoms with Gasteiger partial charge in [-0.05, 0) is 85.3 Å². The Bertz CT molecular complexity index is 1750. The molecule has 0 heterocycles. The SMILES string of the molecule is CC(Sc1ccc(NC(=O)/C(=C/c2ccc(Cl)cc2Cl)NC(=O)c2ccccc2)cc1)C(=O)Nc1cc(C(=O)O)ccc1Cl. The first-order valence-corrected chi connectivity index (χ1v) is 15.0. The molecular formula is C32H24Cl3N3O5S. The van der Waals surface area contributed by atoms with Crippen molar-refractivity contribution in [3.05, 3.63) is 128 Å². The van der Waals surface area contributed by atoms with Gasteiger partial charge in [-0.3, -0.25) is 14.4 Å². The van der Waals surface area contributed by atoms with E-state index in [0.717, 1.165) is 4.90 Å². The van der Waals surface area contributed by atoms with Crippen LogP contribution in [0.1, 0.15) is 33.2 Å². The molecule has 4 aromatic rings. The van der Waals surface area contributed by atoms with Crippen LogP contribution in [0.2, 0.25) is 15.1 Å². The van der Waals surface area contributed by atoms with E-state index in [9.17, 15) is 24.3 Å². The Morgan fingerprint density at radius 2 is 1.50 bits per heavy atom. The van der Waals surface area contributed by atoms with Gasteiger partial charge in [0.15, 0.2) is 0 Å². The second kappa shape index (κ2) is 14.9. The maximum Gasteiger partial charge on any atom is 0.335 e. The van der Waals surface area contributed by atoms with Gasteiger partial charge in [-0.15, -0.1) is 11.8 Å². The number of hydrogen-bond donors (Lipinski definition) is 4. The summed E-state index contributed by atoms with van der Waals surface area (Å²) in [7, 11) is 0. The molecule has 0 aliphatic carbocycles. The largest absolute Gasteiger partial charge is 0.478 e. The lowest BCUT2D eigenvalue weighted by atomic mass is 10.1. The van der Waals surface area contributed by atoms with E-state index in [1.807, 2.05) is 0 Å². The van der Waals surface area contributed by atoms with Crippen molar-refractivity contribution < 1.29 is 24.3 Å². The van der Waals surface area contributed by atoms with Gasteiger partial charge in [0.05, 0.1) is 21.5 Å². The second-order valence-electron chi connectivity index (χ2n) is 9.27. The smallest absolute Gasteiger partial charge is 0.335 e. The molecule has 8 nitrogen and oxygen atoms in total. The summed E-state index contributed by atoms with van der Waals surface area (Å²) in [4.78, 5) is 50.9. The molecule has 0 aliphatic heterocycles. The minimum Gasteiger partial charge on any atom is -0.478 e. The highest BCUT2D eigenvalue weighted by Crippen LogP contribution is 2.28. The number of anilines is 2. The molecule has 4 N–H and O–H groups in total. The molecule has 4 aromatic carbocycles. The van der Waals surface area contributed by atoms with Gasteiger partial charge in [0.1, 0.15) is 5.70 Å². The van der Waals surface area contributed by atoms with Gasteiger partial charge in [-0.25, -0.2) is 4.79 Å². The summed E-state index contributed by atoms with van der Waals surface area (Å²) in [5, 5.41) is 17.7. The third-order valence-electron chi connectivity index (χ3n) is 6.06. The number of carbonyl (C=O) groups is 4. The molecule has 12 heteroatoms. The van der Waals surface area contributed by atoms with E-state index in [2.05, 4.69) is 16.0 Å². The van der Waals surface area contributed by atoms with Crippen molar-refractivity contribution in [2.45, 2.75) is 17.1 Å². The Labute approximate surface area is 272 Å². The van der Waals surface area contributed by atoms with E-state index in [1.165, 1.54) is 42.1 Å². The van der Waals surface area contributed by atoms with Crippen molar-refractivity contribution >= 4 is 87.7 Å². The maximum atomic E-state index is 13.3. The molecule has 0 bridgehead atoms. The van der Waals surface area contributed by atoms with E-state index in [-0.39, 0.29) is 27.9 Å². The van der Waals surface area contributed by atoms with Crippen molar-refractivity contribution in [1.82, 2.24) is 5.32 Å². The Morgan fingerprint density at radius 3 is 2.16 bits per heavy atom. The second-order valence-corrected chi connectivity index (χ2v) is 11.9. The van der Waals surface area contributed by atoms with Crippen LogP contribution in [0, 0.1) is 0 Å². The lowest BCUT2D eigenvalue weighted by molar-refractivity contribution is -0.115. The minimum atomic E-state index is -1.14. The fourth-order valence-electron chi connectivity index (χ4n) is 3.78. The van der Waals surface area contributed by atoms with Gasteiger partial charge in [0.2, 0.25) is 5.91 Å². The molecule has 0 saturated carbocycles. The molecule has 0 radical (unpaired) electrons. The van der Waals surface area contributed by atoms with E-state index < -0.39 is 23.0 Å². The molecule has 224 valence electrons. The maximum absolute atomic E-state index is 13.3. The number of benzene rings is 4. The molecule has 44 heavy (non-hydrogen) atoms.